The third-order valence-electron chi connectivity index (χ3n) is 3.61. The Hall–Kier alpha value is -1.46. The Balaban J connectivity index is 2.18. The zero-order chi connectivity index (χ0) is 15.2. The summed E-state index contributed by atoms with van der Waals surface area (Å²) >= 11 is 0. The monoisotopic (exact) mass is 293 g/mol. The number of rotatable bonds is 8. The number of unbranched alkanes of at least 4 members (excludes halogenated alkanes) is 1. The van der Waals surface area contributed by atoms with E-state index in [0.29, 0.717) is 18.2 Å². The maximum atomic E-state index is 12.0. The van der Waals surface area contributed by atoms with Gasteiger partial charge in [0.25, 0.3) is 0 Å². The van der Waals surface area contributed by atoms with E-state index < -0.39 is 6.29 Å². The zero-order valence-electron chi connectivity index (χ0n) is 12.9. The van der Waals surface area contributed by atoms with Crippen LogP contribution in [-0.2, 0) is 14.2 Å². The van der Waals surface area contributed by atoms with E-state index in [1.807, 2.05) is 6.07 Å². The van der Waals surface area contributed by atoms with E-state index in [1.54, 1.807) is 20.4 Å². The van der Waals surface area contributed by atoms with Crippen LogP contribution < -0.4 is 0 Å². The molecule has 0 amide bonds. The highest BCUT2D eigenvalue weighted by Crippen LogP contribution is 2.43. The molecular formula is C16H23NO4. The summed E-state index contributed by atoms with van der Waals surface area (Å²) in [4.78, 5) is 16.2. The van der Waals surface area contributed by atoms with Crippen molar-refractivity contribution in [3.05, 3.63) is 29.1 Å². The van der Waals surface area contributed by atoms with E-state index in [-0.39, 0.29) is 5.97 Å². The summed E-state index contributed by atoms with van der Waals surface area (Å²) in [5.74, 6) is 0.112. The molecule has 0 spiro atoms. The van der Waals surface area contributed by atoms with Gasteiger partial charge in [-0.15, -0.1) is 0 Å². The smallest absolute Gasteiger partial charge is 0.356 e. The van der Waals surface area contributed by atoms with Crippen molar-refractivity contribution in [1.82, 2.24) is 4.98 Å². The number of carbonyl (C=O) groups excluding carboxylic acids is 1. The molecule has 0 atom stereocenters. The van der Waals surface area contributed by atoms with Crippen molar-refractivity contribution in [2.75, 3.05) is 20.8 Å². The van der Waals surface area contributed by atoms with Gasteiger partial charge in [0.2, 0.25) is 0 Å². The lowest BCUT2D eigenvalue weighted by atomic mass is 10.0. The Morgan fingerprint density at radius 1 is 1.38 bits per heavy atom. The molecule has 2 rings (SSSR count). The Labute approximate surface area is 125 Å². The summed E-state index contributed by atoms with van der Waals surface area (Å²) in [7, 11) is 3.19. The Morgan fingerprint density at radius 2 is 2.10 bits per heavy atom. The summed E-state index contributed by atoms with van der Waals surface area (Å²) in [6.07, 6.45) is 5.34. The lowest BCUT2D eigenvalue weighted by Gasteiger charge is -2.17. The molecule has 1 heterocycles. The zero-order valence-corrected chi connectivity index (χ0v) is 12.9. The Morgan fingerprint density at radius 3 is 2.67 bits per heavy atom. The molecule has 0 saturated heterocycles. The van der Waals surface area contributed by atoms with Crippen molar-refractivity contribution in [2.45, 2.75) is 44.8 Å². The van der Waals surface area contributed by atoms with Crippen LogP contribution >= 0.6 is 0 Å². The molecule has 0 unspecified atom stereocenters. The van der Waals surface area contributed by atoms with Gasteiger partial charge in [-0.25, -0.2) is 9.78 Å². The summed E-state index contributed by atoms with van der Waals surface area (Å²) in [6, 6.07) is 1.83. The maximum Gasteiger partial charge on any atom is 0.356 e. The Bertz CT molecular complexity index is 481. The largest absolute Gasteiger partial charge is 0.461 e. The average Bonchev–Trinajstić information content (AvgIpc) is 3.33. The van der Waals surface area contributed by atoms with E-state index in [4.69, 9.17) is 14.2 Å². The van der Waals surface area contributed by atoms with Crippen LogP contribution in [0.15, 0.2) is 12.3 Å². The number of nitrogens with zero attached hydrogens (tertiary/aromatic N) is 1. The summed E-state index contributed by atoms with van der Waals surface area (Å²) in [6.45, 7) is 2.50. The van der Waals surface area contributed by atoms with Crippen LogP contribution in [0.5, 0.6) is 0 Å². The molecule has 0 bridgehead atoms. The molecule has 0 aromatic carbocycles. The highest BCUT2D eigenvalue weighted by Gasteiger charge is 2.30. The minimum atomic E-state index is -0.446. The molecule has 21 heavy (non-hydrogen) atoms. The molecule has 0 aliphatic heterocycles. The molecule has 5 heteroatoms. The minimum absolute atomic E-state index is 0.358. The second kappa shape index (κ2) is 7.52. The number of methoxy groups -OCH3 is 2. The Kier molecular flexibility index (Phi) is 5.70. The van der Waals surface area contributed by atoms with Crippen LogP contribution in [-0.4, -0.2) is 31.8 Å². The number of aromatic nitrogens is 1. The van der Waals surface area contributed by atoms with Crippen LogP contribution in [0.2, 0.25) is 0 Å². The molecule has 116 valence electrons. The van der Waals surface area contributed by atoms with Crippen LogP contribution in [0.1, 0.15) is 66.4 Å². The topological polar surface area (TPSA) is 57.7 Å². The first-order chi connectivity index (χ1) is 10.2. The third kappa shape index (κ3) is 4.02. The van der Waals surface area contributed by atoms with E-state index in [9.17, 15) is 4.79 Å². The van der Waals surface area contributed by atoms with Crippen LogP contribution in [0.3, 0.4) is 0 Å². The molecule has 1 aromatic rings. The van der Waals surface area contributed by atoms with Crippen LogP contribution in [0, 0.1) is 0 Å². The van der Waals surface area contributed by atoms with Crippen LogP contribution in [0.4, 0.5) is 0 Å². The van der Waals surface area contributed by atoms with Gasteiger partial charge in [0.15, 0.2) is 6.29 Å². The van der Waals surface area contributed by atoms with Gasteiger partial charge in [0.05, 0.1) is 6.61 Å². The van der Waals surface area contributed by atoms with Gasteiger partial charge in [-0.2, -0.15) is 0 Å². The van der Waals surface area contributed by atoms with Gasteiger partial charge in [-0.1, -0.05) is 13.3 Å². The second-order valence-electron chi connectivity index (χ2n) is 5.27. The number of hydrogen-bond acceptors (Lipinski definition) is 5. The number of carbonyl (C=O) groups is 1. The first-order valence-electron chi connectivity index (χ1n) is 7.43. The van der Waals surface area contributed by atoms with Gasteiger partial charge in [0, 0.05) is 26.0 Å². The number of hydrogen-bond donors (Lipinski definition) is 0. The molecule has 1 aliphatic carbocycles. The fourth-order valence-electron chi connectivity index (χ4n) is 2.27. The highest BCUT2D eigenvalue weighted by molar-refractivity contribution is 5.87. The van der Waals surface area contributed by atoms with Crippen molar-refractivity contribution >= 4 is 5.97 Å². The van der Waals surface area contributed by atoms with Crippen molar-refractivity contribution in [2.24, 2.45) is 0 Å². The average molecular weight is 293 g/mol. The van der Waals surface area contributed by atoms with Gasteiger partial charge >= 0.3 is 5.97 Å². The first kappa shape index (κ1) is 15.9. The molecular weight excluding hydrogens is 270 g/mol. The van der Waals surface area contributed by atoms with Gasteiger partial charge < -0.3 is 14.2 Å². The van der Waals surface area contributed by atoms with Crippen molar-refractivity contribution in [3.63, 3.8) is 0 Å². The van der Waals surface area contributed by atoms with E-state index in [0.717, 1.165) is 36.8 Å². The molecule has 1 aromatic heterocycles. The summed E-state index contributed by atoms with van der Waals surface area (Å²) < 4.78 is 15.8. The quantitative estimate of drug-likeness (QED) is 0.418. The lowest BCUT2D eigenvalue weighted by Crippen LogP contribution is -2.12. The van der Waals surface area contributed by atoms with Gasteiger partial charge in [-0.3, -0.25) is 0 Å². The lowest BCUT2D eigenvalue weighted by molar-refractivity contribution is -0.106. The summed E-state index contributed by atoms with van der Waals surface area (Å²) in [5, 5.41) is 0. The molecule has 0 N–H and O–H groups in total. The normalized spacial score (nSPS) is 14.5. The minimum Gasteiger partial charge on any atom is -0.461 e. The molecule has 0 radical (unpaired) electrons. The van der Waals surface area contributed by atoms with Gasteiger partial charge in [-0.05, 0) is 36.8 Å². The van der Waals surface area contributed by atoms with Gasteiger partial charge in [0.1, 0.15) is 5.69 Å². The maximum absolute atomic E-state index is 12.0. The van der Waals surface area contributed by atoms with Crippen LogP contribution in [0.25, 0.3) is 0 Å². The number of pyridine rings is 1. The molecule has 5 nitrogen and oxygen atoms in total. The van der Waals surface area contributed by atoms with Crippen molar-refractivity contribution in [3.8, 4) is 0 Å². The molecule has 1 aliphatic rings. The molecule has 1 saturated carbocycles. The fraction of sp³-hybridized carbons (Fsp3) is 0.625. The van der Waals surface area contributed by atoms with E-state index in [2.05, 4.69) is 11.9 Å². The first-order valence-corrected chi connectivity index (χ1v) is 7.43. The SMILES string of the molecule is CCCCOC(=O)c1cc(C2CC2)c(C(OC)OC)cn1. The second-order valence-corrected chi connectivity index (χ2v) is 5.27. The number of ether oxygens (including phenoxy) is 3. The number of esters is 1. The third-order valence-corrected chi connectivity index (χ3v) is 3.61. The standard InChI is InChI=1S/C16H23NO4/c1-4-5-8-21-15(18)14-9-12(11-6-7-11)13(10-17-14)16(19-2)20-3/h9-11,16H,4-8H2,1-3H3. The van der Waals surface area contributed by atoms with Crippen molar-refractivity contribution < 1.29 is 19.0 Å². The fourth-order valence-corrected chi connectivity index (χ4v) is 2.27. The van der Waals surface area contributed by atoms with E-state index in [1.165, 1.54) is 0 Å². The van der Waals surface area contributed by atoms with E-state index >= 15 is 0 Å². The summed E-state index contributed by atoms with van der Waals surface area (Å²) in [5.41, 5.74) is 2.34. The highest BCUT2D eigenvalue weighted by atomic mass is 16.7. The van der Waals surface area contributed by atoms with Crippen molar-refractivity contribution in [1.29, 1.82) is 0 Å². The molecule has 1 fully saturated rings. The predicted molar refractivity (Wildman–Crippen MR) is 78.2 cm³/mol. The predicted octanol–water partition coefficient (Wildman–Crippen LogP) is 3.21.